The third kappa shape index (κ3) is 4.36. The van der Waals surface area contributed by atoms with Crippen LogP contribution in [0.25, 0.3) is 0 Å². The summed E-state index contributed by atoms with van der Waals surface area (Å²) in [4.78, 5) is 13.0. The highest BCUT2D eigenvalue weighted by Gasteiger charge is 2.08. The molecule has 25 heavy (non-hydrogen) atoms. The van der Waals surface area contributed by atoms with Crippen LogP contribution in [-0.2, 0) is 6.54 Å². The van der Waals surface area contributed by atoms with Crippen molar-refractivity contribution in [2.75, 3.05) is 17.7 Å². The standard InChI is InChI=1S/C18H18ClN5O/c1-12-9-15(16(25-2)10-14(12)19)23-17-6-8-21-18(24-17)22-11-13-5-3-4-7-20-13/h3-10H,11H2,1-2H3,(H2,21,22,23,24). The molecule has 128 valence electrons. The van der Waals surface area contributed by atoms with Crippen LogP contribution in [0.1, 0.15) is 11.3 Å². The van der Waals surface area contributed by atoms with Crippen LogP contribution >= 0.6 is 11.6 Å². The molecule has 0 atom stereocenters. The second kappa shape index (κ2) is 7.81. The zero-order valence-electron chi connectivity index (χ0n) is 14.0. The molecule has 2 N–H and O–H groups in total. The van der Waals surface area contributed by atoms with E-state index in [0.717, 1.165) is 16.9 Å². The molecule has 6 nitrogen and oxygen atoms in total. The number of aromatic nitrogens is 3. The third-order valence-electron chi connectivity index (χ3n) is 3.55. The van der Waals surface area contributed by atoms with E-state index < -0.39 is 0 Å². The van der Waals surface area contributed by atoms with E-state index in [1.807, 2.05) is 31.2 Å². The van der Waals surface area contributed by atoms with E-state index in [-0.39, 0.29) is 0 Å². The fraction of sp³-hybridized carbons (Fsp3) is 0.167. The van der Waals surface area contributed by atoms with Gasteiger partial charge in [-0.05, 0) is 36.8 Å². The fourth-order valence-corrected chi connectivity index (χ4v) is 2.41. The van der Waals surface area contributed by atoms with Crippen molar-refractivity contribution in [1.82, 2.24) is 15.0 Å². The van der Waals surface area contributed by atoms with Gasteiger partial charge in [0.25, 0.3) is 0 Å². The number of nitrogens with zero attached hydrogens (tertiary/aromatic N) is 3. The SMILES string of the molecule is COc1cc(Cl)c(C)cc1Nc1ccnc(NCc2ccccn2)n1. The molecule has 0 saturated carbocycles. The Bertz CT molecular complexity index is 857. The van der Waals surface area contributed by atoms with Gasteiger partial charge < -0.3 is 15.4 Å². The summed E-state index contributed by atoms with van der Waals surface area (Å²) in [5.74, 6) is 1.82. The van der Waals surface area contributed by atoms with E-state index in [1.165, 1.54) is 0 Å². The summed E-state index contributed by atoms with van der Waals surface area (Å²) in [7, 11) is 1.60. The van der Waals surface area contributed by atoms with Crippen molar-refractivity contribution in [2.45, 2.75) is 13.5 Å². The van der Waals surface area contributed by atoms with Crippen LogP contribution in [0.5, 0.6) is 5.75 Å². The molecular weight excluding hydrogens is 338 g/mol. The number of pyridine rings is 1. The average Bonchev–Trinajstić information content (AvgIpc) is 2.64. The van der Waals surface area contributed by atoms with E-state index >= 15 is 0 Å². The first kappa shape index (κ1) is 17.0. The Morgan fingerprint density at radius 1 is 1.12 bits per heavy atom. The molecule has 0 saturated heterocycles. The number of methoxy groups -OCH3 is 1. The molecule has 3 rings (SSSR count). The van der Waals surface area contributed by atoms with Crippen LogP contribution in [0.4, 0.5) is 17.5 Å². The molecule has 0 fully saturated rings. The van der Waals surface area contributed by atoms with Crippen molar-refractivity contribution < 1.29 is 4.74 Å². The molecular formula is C18H18ClN5O. The minimum absolute atomic E-state index is 0.514. The summed E-state index contributed by atoms with van der Waals surface area (Å²) in [5, 5.41) is 7.05. The van der Waals surface area contributed by atoms with Gasteiger partial charge in [-0.15, -0.1) is 0 Å². The number of hydrogen-bond donors (Lipinski definition) is 2. The lowest BCUT2D eigenvalue weighted by atomic mass is 10.2. The number of halogens is 1. The summed E-state index contributed by atoms with van der Waals surface area (Å²) in [6.07, 6.45) is 3.44. The van der Waals surface area contributed by atoms with Crippen LogP contribution in [-0.4, -0.2) is 22.1 Å². The van der Waals surface area contributed by atoms with Gasteiger partial charge in [-0.3, -0.25) is 4.98 Å². The Morgan fingerprint density at radius 2 is 2.00 bits per heavy atom. The smallest absolute Gasteiger partial charge is 0.224 e. The van der Waals surface area contributed by atoms with Crippen LogP contribution in [0.15, 0.2) is 48.8 Å². The van der Waals surface area contributed by atoms with Crippen LogP contribution in [0, 0.1) is 6.92 Å². The Kier molecular flexibility index (Phi) is 5.30. The van der Waals surface area contributed by atoms with Gasteiger partial charge in [0.05, 0.1) is 25.0 Å². The molecule has 0 unspecified atom stereocenters. The monoisotopic (exact) mass is 355 g/mol. The molecule has 0 aliphatic rings. The number of rotatable bonds is 6. The maximum absolute atomic E-state index is 6.14. The van der Waals surface area contributed by atoms with Crippen LogP contribution in [0.3, 0.4) is 0 Å². The first-order valence-electron chi connectivity index (χ1n) is 7.73. The Labute approximate surface area is 151 Å². The second-order valence-electron chi connectivity index (χ2n) is 5.37. The maximum atomic E-state index is 6.14. The average molecular weight is 356 g/mol. The fourth-order valence-electron chi connectivity index (χ4n) is 2.25. The van der Waals surface area contributed by atoms with E-state index in [4.69, 9.17) is 16.3 Å². The summed E-state index contributed by atoms with van der Waals surface area (Å²) in [6, 6.07) is 11.3. The summed E-state index contributed by atoms with van der Waals surface area (Å²) >= 11 is 6.14. The number of benzene rings is 1. The number of ether oxygens (including phenoxy) is 1. The number of anilines is 3. The van der Waals surface area contributed by atoms with Gasteiger partial charge in [-0.1, -0.05) is 17.7 Å². The first-order valence-corrected chi connectivity index (χ1v) is 8.11. The molecule has 0 amide bonds. The Balaban J connectivity index is 1.75. The zero-order valence-corrected chi connectivity index (χ0v) is 14.7. The van der Waals surface area contributed by atoms with E-state index in [9.17, 15) is 0 Å². The molecule has 7 heteroatoms. The molecule has 1 aromatic carbocycles. The zero-order chi connectivity index (χ0) is 17.6. The van der Waals surface area contributed by atoms with Crippen molar-refractivity contribution in [3.05, 3.63) is 65.1 Å². The molecule has 3 aromatic rings. The Morgan fingerprint density at radius 3 is 2.76 bits per heavy atom. The summed E-state index contributed by atoms with van der Waals surface area (Å²) < 4.78 is 5.37. The van der Waals surface area contributed by atoms with Gasteiger partial charge in [-0.2, -0.15) is 4.98 Å². The molecule has 0 radical (unpaired) electrons. The van der Waals surface area contributed by atoms with Gasteiger partial charge >= 0.3 is 0 Å². The topological polar surface area (TPSA) is 72.0 Å². The summed E-state index contributed by atoms with van der Waals surface area (Å²) in [6.45, 7) is 2.49. The lowest BCUT2D eigenvalue weighted by Gasteiger charge is -2.13. The highest BCUT2D eigenvalue weighted by atomic mass is 35.5. The van der Waals surface area contributed by atoms with Crippen molar-refractivity contribution in [1.29, 1.82) is 0 Å². The highest BCUT2D eigenvalue weighted by molar-refractivity contribution is 6.31. The maximum Gasteiger partial charge on any atom is 0.224 e. The van der Waals surface area contributed by atoms with E-state index in [0.29, 0.717) is 29.1 Å². The van der Waals surface area contributed by atoms with Gasteiger partial charge in [0.2, 0.25) is 5.95 Å². The van der Waals surface area contributed by atoms with E-state index in [2.05, 4.69) is 25.6 Å². The van der Waals surface area contributed by atoms with Crippen molar-refractivity contribution in [3.8, 4) is 5.75 Å². The van der Waals surface area contributed by atoms with Crippen molar-refractivity contribution in [3.63, 3.8) is 0 Å². The van der Waals surface area contributed by atoms with Gasteiger partial charge in [0.1, 0.15) is 11.6 Å². The minimum Gasteiger partial charge on any atom is -0.495 e. The minimum atomic E-state index is 0.514. The molecule has 0 aliphatic carbocycles. The normalized spacial score (nSPS) is 10.4. The lowest BCUT2D eigenvalue weighted by Crippen LogP contribution is -2.06. The predicted octanol–water partition coefficient (Wildman–Crippen LogP) is 4.20. The van der Waals surface area contributed by atoms with E-state index in [1.54, 1.807) is 31.6 Å². The quantitative estimate of drug-likeness (QED) is 0.690. The number of hydrogen-bond acceptors (Lipinski definition) is 6. The van der Waals surface area contributed by atoms with Gasteiger partial charge in [-0.25, -0.2) is 4.98 Å². The second-order valence-corrected chi connectivity index (χ2v) is 5.77. The lowest BCUT2D eigenvalue weighted by molar-refractivity contribution is 0.416. The van der Waals surface area contributed by atoms with Crippen LogP contribution < -0.4 is 15.4 Å². The molecule has 0 bridgehead atoms. The number of aryl methyl sites for hydroxylation is 1. The molecule has 0 aliphatic heterocycles. The number of nitrogens with one attached hydrogen (secondary N) is 2. The van der Waals surface area contributed by atoms with Crippen LogP contribution in [0.2, 0.25) is 5.02 Å². The van der Waals surface area contributed by atoms with Gasteiger partial charge in [0.15, 0.2) is 0 Å². The van der Waals surface area contributed by atoms with Crippen molar-refractivity contribution in [2.24, 2.45) is 0 Å². The molecule has 2 heterocycles. The molecule has 2 aromatic heterocycles. The predicted molar refractivity (Wildman–Crippen MR) is 99.6 cm³/mol. The first-order chi connectivity index (χ1) is 12.2. The third-order valence-corrected chi connectivity index (χ3v) is 3.96. The van der Waals surface area contributed by atoms with Gasteiger partial charge in [0, 0.05) is 23.5 Å². The highest BCUT2D eigenvalue weighted by Crippen LogP contribution is 2.32. The Hall–Kier alpha value is -2.86. The largest absolute Gasteiger partial charge is 0.495 e. The molecule has 0 spiro atoms. The van der Waals surface area contributed by atoms with Crippen molar-refractivity contribution >= 4 is 29.1 Å². The summed E-state index contributed by atoms with van der Waals surface area (Å²) in [5.41, 5.74) is 2.66.